The van der Waals surface area contributed by atoms with Gasteiger partial charge < -0.3 is 25.7 Å². The SMILES string of the molecule is CCCCCCCCCCCCCCCCCCCCCC[C@H](O)C(=O)N[C@@H](CO)[C@H](O)[C@H](O)CCCCCCCCCCCC(C)C. The van der Waals surface area contributed by atoms with Gasteiger partial charge in [0.1, 0.15) is 12.2 Å². The zero-order valence-electron chi connectivity index (χ0n) is 32.4. The van der Waals surface area contributed by atoms with Gasteiger partial charge in [-0.25, -0.2) is 0 Å². The summed E-state index contributed by atoms with van der Waals surface area (Å²) < 4.78 is 0. The third-order valence-corrected chi connectivity index (χ3v) is 10.2. The lowest BCUT2D eigenvalue weighted by atomic mass is 9.99. The van der Waals surface area contributed by atoms with Gasteiger partial charge >= 0.3 is 0 Å². The number of amides is 1. The number of hydrogen-bond acceptors (Lipinski definition) is 5. The first-order valence-electron chi connectivity index (χ1n) is 21.3. The molecule has 5 N–H and O–H groups in total. The van der Waals surface area contributed by atoms with E-state index in [1.807, 2.05) is 0 Å². The van der Waals surface area contributed by atoms with Crippen molar-refractivity contribution in [1.82, 2.24) is 5.32 Å². The molecule has 0 saturated heterocycles. The summed E-state index contributed by atoms with van der Waals surface area (Å²) in [4.78, 5) is 12.5. The maximum atomic E-state index is 12.5. The Kier molecular flexibility index (Phi) is 35.6. The van der Waals surface area contributed by atoms with Crippen LogP contribution in [0, 0.1) is 5.92 Å². The standard InChI is InChI=1S/C42H85NO5/c1-4-5-6-7-8-9-10-11-12-13-14-15-16-17-18-19-22-26-29-32-35-40(46)42(48)43-38(36-44)41(47)39(45)34-31-28-25-23-20-21-24-27-30-33-37(2)3/h37-41,44-47H,4-36H2,1-3H3,(H,43,48)/t38-,39+,40-,41-/m0/s1. The van der Waals surface area contributed by atoms with Crippen LogP contribution in [0.4, 0.5) is 0 Å². The molecule has 0 spiro atoms. The number of nitrogens with one attached hydrogen (secondary N) is 1. The van der Waals surface area contributed by atoms with E-state index in [0.29, 0.717) is 12.8 Å². The monoisotopic (exact) mass is 684 g/mol. The average molecular weight is 684 g/mol. The van der Waals surface area contributed by atoms with Crippen LogP contribution in [-0.4, -0.2) is 57.3 Å². The molecule has 0 saturated carbocycles. The van der Waals surface area contributed by atoms with Gasteiger partial charge in [0.25, 0.3) is 0 Å². The van der Waals surface area contributed by atoms with Gasteiger partial charge in [-0.3, -0.25) is 4.79 Å². The summed E-state index contributed by atoms with van der Waals surface area (Å²) in [5.74, 6) is 0.222. The molecular formula is C42H85NO5. The molecule has 0 aromatic heterocycles. The second kappa shape index (κ2) is 36.1. The molecule has 0 aliphatic heterocycles. The van der Waals surface area contributed by atoms with Crippen molar-refractivity contribution in [3.8, 4) is 0 Å². The minimum atomic E-state index is -1.25. The first-order valence-corrected chi connectivity index (χ1v) is 21.3. The Morgan fingerprint density at radius 2 is 0.792 bits per heavy atom. The predicted octanol–water partition coefficient (Wildman–Crippen LogP) is 10.7. The number of rotatable bonds is 38. The van der Waals surface area contributed by atoms with Crippen LogP contribution in [0.15, 0.2) is 0 Å². The quantitative estimate of drug-likeness (QED) is 0.0416. The van der Waals surface area contributed by atoms with Gasteiger partial charge in [0.15, 0.2) is 0 Å². The van der Waals surface area contributed by atoms with Crippen LogP contribution in [-0.2, 0) is 4.79 Å². The second-order valence-corrected chi connectivity index (χ2v) is 15.5. The fourth-order valence-electron chi connectivity index (χ4n) is 6.82. The summed E-state index contributed by atoms with van der Waals surface area (Å²) in [6, 6.07) is -0.979. The molecule has 6 nitrogen and oxygen atoms in total. The molecule has 288 valence electrons. The largest absolute Gasteiger partial charge is 0.394 e. The Hall–Kier alpha value is -0.690. The van der Waals surface area contributed by atoms with Crippen LogP contribution in [0.5, 0.6) is 0 Å². The molecule has 0 aliphatic carbocycles. The van der Waals surface area contributed by atoms with E-state index in [2.05, 4.69) is 26.1 Å². The maximum absolute atomic E-state index is 12.5. The van der Waals surface area contributed by atoms with Crippen molar-refractivity contribution in [3.63, 3.8) is 0 Å². The van der Waals surface area contributed by atoms with Crippen molar-refractivity contribution in [2.24, 2.45) is 5.92 Å². The van der Waals surface area contributed by atoms with E-state index in [-0.39, 0.29) is 0 Å². The van der Waals surface area contributed by atoms with Gasteiger partial charge in [0.05, 0.1) is 18.8 Å². The van der Waals surface area contributed by atoms with E-state index in [0.717, 1.165) is 44.4 Å². The summed E-state index contributed by atoms with van der Waals surface area (Å²) in [5.41, 5.74) is 0. The molecule has 0 aliphatic rings. The molecule has 0 radical (unpaired) electrons. The molecule has 0 aromatic rings. The van der Waals surface area contributed by atoms with Gasteiger partial charge in [-0.2, -0.15) is 0 Å². The van der Waals surface area contributed by atoms with E-state index < -0.39 is 36.9 Å². The Balaban J connectivity index is 3.69. The normalized spacial score (nSPS) is 14.3. The Morgan fingerprint density at radius 1 is 0.479 bits per heavy atom. The maximum Gasteiger partial charge on any atom is 0.249 e. The van der Waals surface area contributed by atoms with Crippen molar-refractivity contribution in [3.05, 3.63) is 0 Å². The van der Waals surface area contributed by atoms with E-state index in [9.17, 15) is 25.2 Å². The van der Waals surface area contributed by atoms with Crippen LogP contribution < -0.4 is 5.32 Å². The zero-order valence-corrected chi connectivity index (χ0v) is 32.4. The first-order chi connectivity index (χ1) is 23.3. The number of hydrogen-bond donors (Lipinski definition) is 5. The predicted molar refractivity (Wildman–Crippen MR) is 205 cm³/mol. The summed E-state index contributed by atoms with van der Waals surface area (Å²) in [5, 5.41) is 43.6. The van der Waals surface area contributed by atoms with Crippen LogP contribution in [0.1, 0.15) is 226 Å². The topological polar surface area (TPSA) is 110 Å². The molecule has 0 rings (SSSR count). The van der Waals surface area contributed by atoms with E-state index in [1.165, 1.54) is 154 Å². The second-order valence-electron chi connectivity index (χ2n) is 15.5. The first kappa shape index (κ1) is 47.3. The highest BCUT2D eigenvalue weighted by atomic mass is 16.3. The van der Waals surface area contributed by atoms with E-state index in [1.54, 1.807) is 0 Å². The smallest absolute Gasteiger partial charge is 0.249 e. The fraction of sp³-hybridized carbons (Fsp3) is 0.976. The molecule has 48 heavy (non-hydrogen) atoms. The molecule has 0 unspecified atom stereocenters. The summed E-state index contributed by atoms with van der Waals surface area (Å²) in [6.45, 7) is 6.37. The van der Waals surface area contributed by atoms with Crippen molar-refractivity contribution >= 4 is 5.91 Å². The van der Waals surface area contributed by atoms with Crippen molar-refractivity contribution in [2.45, 2.75) is 251 Å². The molecule has 0 aromatic carbocycles. The average Bonchev–Trinajstić information content (AvgIpc) is 3.07. The lowest BCUT2D eigenvalue weighted by molar-refractivity contribution is -0.132. The number of aliphatic hydroxyl groups excluding tert-OH is 4. The number of carbonyl (C=O) groups excluding carboxylic acids is 1. The van der Waals surface area contributed by atoms with Crippen molar-refractivity contribution < 1.29 is 25.2 Å². The van der Waals surface area contributed by atoms with E-state index in [4.69, 9.17) is 0 Å². The fourth-order valence-corrected chi connectivity index (χ4v) is 6.82. The Morgan fingerprint density at radius 3 is 1.12 bits per heavy atom. The van der Waals surface area contributed by atoms with Crippen LogP contribution in [0.3, 0.4) is 0 Å². The molecular weight excluding hydrogens is 598 g/mol. The Labute approximate surface area is 299 Å². The van der Waals surface area contributed by atoms with Gasteiger partial charge in [0.2, 0.25) is 5.91 Å². The Bertz CT molecular complexity index is 660. The van der Waals surface area contributed by atoms with Gasteiger partial charge in [-0.15, -0.1) is 0 Å². The summed E-state index contributed by atoms with van der Waals surface area (Å²) in [6.07, 6.45) is 35.7. The molecule has 0 heterocycles. The minimum Gasteiger partial charge on any atom is -0.394 e. The molecule has 1 amide bonds. The minimum absolute atomic E-state index is 0.375. The van der Waals surface area contributed by atoms with Gasteiger partial charge in [-0.05, 0) is 18.8 Å². The highest BCUT2D eigenvalue weighted by molar-refractivity contribution is 5.80. The van der Waals surface area contributed by atoms with Crippen LogP contribution in [0.25, 0.3) is 0 Å². The van der Waals surface area contributed by atoms with Gasteiger partial charge in [0, 0.05) is 0 Å². The molecule has 0 fully saturated rings. The van der Waals surface area contributed by atoms with Crippen LogP contribution >= 0.6 is 0 Å². The number of aliphatic hydroxyl groups is 4. The summed E-state index contributed by atoms with van der Waals surface area (Å²) >= 11 is 0. The third-order valence-electron chi connectivity index (χ3n) is 10.2. The van der Waals surface area contributed by atoms with Crippen molar-refractivity contribution in [1.29, 1.82) is 0 Å². The lowest BCUT2D eigenvalue weighted by Gasteiger charge is -2.27. The highest BCUT2D eigenvalue weighted by Crippen LogP contribution is 2.17. The van der Waals surface area contributed by atoms with Crippen molar-refractivity contribution in [2.75, 3.05) is 6.61 Å². The highest BCUT2D eigenvalue weighted by Gasteiger charge is 2.28. The zero-order chi connectivity index (χ0) is 35.5. The third kappa shape index (κ3) is 31.3. The van der Waals surface area contributed by atoms with E-state index >= 15 is 0 Å². The van der Waals surface area contributed by atoms with Gasteiger partial charge in [-0.1, -0.05) is 213 Å². The lowest BCUT2D eigenvalue weighted by Crippen LogP contribution is -2.53. The summed E-state index contributed by atoms with van der Waals surface area (Å²) in [7, 11) is 0. The van der Waals surface area contributed by atoms with Crippen LogP contribution in [0.2, 0.25) is 0 Å². The molecule has 6 heteroatoms. The number of carbonyl (C=O) groups is 1. The molecule has 4 atom stereocenters. The molecule has 0 bridgehead atoms. The number of unbranched alkanes of at least 4 members (excludes halogenated alkanes) is 27.